The van der Waals surface area contributed by atoms with Gasteiger partial charge in [-0.25, -0.2) is 0 Å². The van der Waals surface area contributed by atoms with Gasteiger partial charge in [-0.1, -0.05) is 62.2 Å². The van der Waals surface area contributed by atoms with Crippen molar-refractivity contribution in [3.8, 4) is 0 Å². The predicted molar refractivity (Wildman–Crippen MR) is 84.5 cm³/mol. The second-order valence-electron chi connectivity index (χ2n) is 6.65. The lowest BCUT2D eigenvalue weighted by molar-refractivity contribution is 0.117. The Morgan fingerprint density at radius 3 is 2.45 bits per heavy atom. The van der Waals surface area contributed by atoms with E-state index in [1.54, 1.807) is 0 Å². The fraction of sp³-hybridized carbons (Fsp3) is 0.600. The van der Waals surface area contributed by atoms with Gasteiger partial charge in [0, 0.05) is 12.6 Å². The molecule has 1 fully saturated rings. The van der Waals surface area contributed by atoms with Crippen molar-refractivity contribution in [2.24, 2.45) is 5.41 Å². The number of hydrogen-bond donors (Lipinski definition) is 0. The average Bonchev–Trinajstić information content (AvgIpc) is 2.62. The van der Waals surface area contributed by atoms with Crippen LogP contribution in [0, 0.1) is 5.41 Å². The van der Waals surface area contributed by atoms with Gasteiger partial charge in [0.25, 0.3) is 0 Å². The van der Waals surface area contributed by atoms with Crippen molar-refractivity contribution >= 4 is 19.1 Å². The molecule has 0 spiro atoms. The molecule has 1 aliphatic heterocycles. The van der Waals surface area contributed by atoms with E-state index in [4.69, 9.17) is 19.9 Å². The summed E-state index contributed by atoms with van der Waals surface area (Å²) in [4.78, 5) is 0. The zero-order valence-electron chi connectivity index (χ0n) is 12.9. The maximum atomic E-state index is 6.69. The number of hydrogen-bond acceptors (Lipinski definition) is 3. The van der Waals surface area contributed by atoms with Gasteiger partial charge in [-0.15, -0.1) is 0 Å². The Labute approximate surface area is 127 Å². The molecule has 0 bridgehead atoms. The lowest BCUT2D eigenvalue weighted by Gasteiger charge is -2.29. The molecule has 0 N–H and O–H groups in total. The van der Waals surface area contributed by atoms with E-state index in [9.17, 15) is 0 Å². The van der Waals surface area contributed by atoms with Crippen LogP contribution in [-0.2, 0) is 8.85 Å². The fourth-order valence-corrected chi connectivity index (χ4v) is 5.45. The molecule has 1 aromatic carbocycles. The summed E-state index contributed by atoms with van der Waals surface area (Å²) in [5.74, 6) is 0. The summed E-state index contributed by atoms with van der Waals surface area (Å²) in [6.45, 7) is 9.13. The summed E-state index contributed by atoms with van der Waals surface area (Å²) in [7, 11) is -0.807. The van der Waals surface area contributed by atoms with Gasteiger partial charge in [0.2, 0.25) is 0 Å². The topological polar surface area (TPSA) is 21.7 Å². The highest BCUT2D eigenvalue weighted by atomic mass is 35.6. The third-order valence-electron chi connectivity index (χ3n) is 3.55. The number of halogens is 1. The van der Waals surface area contributed by atoms with E-state index in [0.29, 0.717) is 6.61 Å². The largest absolute Gasteiger partial charge is 0.537 e. The molecule has 0 amide bonds. The van der Waals surface area contributed by atoms with E-state index < -0.39 is 8.03 Å². The van der Waals surface area contributed by atoms with Crippen molar-refractivity contribution in [1.82, 2.24) is 4.57 Å². The van der Waals surface area contributed by atoms with Crippen molar-refractivity contribution in [1.29, 1.82) is 0 Å². The van der Waals surface area contributed by atoms with Crippen molar-refractivity contribution in [3.63, 3.8) is 0 Å². The number of rotatable bonds is 3. The van der Waals surface area contributed by atoms with E-state index in [0.717, 1.165) is 5.56 Å². The lowest BCUT2D eigenvalue weighted by Crippen LogP contribution is -2.49. The Morgan fingerprint density at radius 2 is 1.90 bits per heavy atom. The second kappa shape index (κ2) is 5.77. The predicted octanol–water partition coefficient (Wildman–Crippen LogP) is 3.82. The van der Waals surface area contributed by atoms with Gasteiger partial charge in [0.1, 0.15) is 0 Å². The molecule has 0 unspecified atom stereocenters. The molecule has 0 saturated carbocycles. The molecule has 2 rings (SSSR count). The van der Waals surface area contributed by atoms with Gasteiger partial charge < -0.3 is 8.85 Å². The van der Waals surface area contributed by atoms with Crippen LogP contribution in [0.3, 0.4) is 0 Å². The zero-order chi connectivity index (χ0) is 15.0. The highest BCUT2D eigenvalue weighted by molar-refractivity contribution is 7.11. The third kappa shape index (κ3) is 3.43. The molecule has 20 heavy (non-hydrogen) atoms. The van der Waals surface area contributed by atoms with E-state index in [2.05, 4.69) is 44.4 Å². The first-order valence-corrected chi connectivity index (χ1v) is 9.79. The Hall–Kier alpha value is -0.393. The van der Waals surface area contributed by atoms with Gasteiger partial charge >= 0.3 is 8.03 Å². The highest BCUT2D eigenvalue weighted by Gasteiger charge is 2.55. The van der Waals surface area contributed by atoms with E-state index in [1.807, 2.05) is 25.2 Å². The van der Waals surface area contributed by atoms with Crippen molar-refractivity contribution in [2.45, 2.75) is 39.8 Å². The quantitative estimate of drug-likeness (QED) is 0.625. The molecular formula is C15H24ClNO2Si. The summed E-state index contributed by atoms with van der Waals surface area (Å²) in [5, 5.41) is 0. The average molecular weight is 314 g/mol. The zero-order valence-corrected chi connectivity index (χ0v) is 14.6. The Morgan fingerprint density at radius 1 is 1.30 bits per heavy atom. The van der Waals surface area contributed by atoms with Crippen molar-refractivity contribution < 1.29 is 8.85 Å². The number of nitrogens with zero attached hydrogens (tertiary/aromatic N) is 1. The van der Waals surface area contributed by atoms with Gasteiger partial charge in [-0.3, -0.25) is 4.57 Å². The second-order valence-corrected chi connectivity index (χ2v) is 10.3. The van der Waals surface area contributed by atoms with E-state index in [-0.39, 0.29) is 17.6 Å². The third-order valence-corrected chi connectivity index (χ3v) is 7.24. The molecule has 5 heteroatoms. The van der Waals surface area contributed by atoms with E-state index in [1.165, 1.54) is 0 Å². The Kier molecular flexibility index (Phi) is 4.62. The maximum absolute atomic E-state index is 6.69. The van der Waals surface area contributed by atoms with Crippen LogP contribution in [0.1, 0.15) is 39.4 Å². The molecule has 1 aromatic rings. The standard InChI is InChI=1S/C15H24ClNO2Si/c1-12-14(13-9-7-6-8-10-13)19-20(16,17(12)5)18-11-15(2,3)4/h6-10,12,14H,11H2,1-5H3/t12-,14+,20+/m0/s1. The Bertz CT molecular complexity index is 451. The van der Waals surface area contributed by atoms with Gasteiger partial charge in [-0.2, -0.15) is 0 Å². The maximum Gasteiger partial charge on any atom is 0.537 e. The van der Waals surface area contributed by atoms with E-state index >= 15 is 0 Å². The monoisotopic (exact) mass is 313 g/mol. The SMILES string of the molecule is C[C@H]1[C@H](c2ccccc2)O[Si@@](Cl)(OCC(C)(C)C)N1C. The minimum Gasteiger partial charge on any atom is -0.370 e. The van der Waals surface area contributed by atoms with Crippen LogP contribution in [0.5, 0.6) is 0 Å². The Balaban J connectivity index is 2.14. The molecular weight excluding hydrogens is 290 g/mol. The molecule has 1 saturated heterocycles. The van der Waals surface area contributed by atoms with Gasteiger partial charge in [-0.05, 0) is 24.9 Å². The molecule has 0 radical (unpaired) electrons. The van der Waals surface area contributed by atoms with Crippen LogP contribution in [0.4, 0.5) is 0 Å². The molecule has 1 heterocycles. The van der Waals surface area contributed by atoms with Crippen LogP contribution in [-0.4, -0.2) is 32.3 Å². The molecule has 3 atom stereocenters. The first-order chi connectivity index (χ1) is 9.23. The molecule has 0 aromatic heterocycles. The summed E-state index contributed by atoms with van der Waals surface area (Å²) >= 11 is 6.69. The van der Waals surface area contributed by atoms with Crippen LogP contribution in [0.25, 0.3) is 0 Å². The lowest BCUT2D eigenvalue weighted by atomic mass is 9.99. The summed E-state index contributed by atoms with van der Waals surface area (Å²) in [6.07, 6.45) is -0.0228. The first-order valence-electron chi connectivity index (χ1n) is 7.01. The summed E-state index contributed by atoms with van der Waals surface area (Å²) in [6, 6.07) is 10.4. The highest BCUT2D eigenvalue weighted by Crippen LogP contribution is 2.40. The summed E-state index contributed by atoms with van der Waals surface area (Å²) in [5.41, 5.74) is 1.23. The van der Waals surface area contributed by atoms with Crippen LogP contribution < -0.4 is 0 Å². The molecule has 1 aliphatic rings. The molecule has 3 nitrogen and oxygen atoms in total. The summed E-state index contributed by atoms with van der Waals surface area (Å²) < 4.78 is 14.2. The normalized spacial score (nSPS) is 31.7. The fourth-order valence-electron chi connectivity index (χ4n) is 2.22. The minimum atomic E-state index is -2.80. The first kappa shape index (κ1) is 16.0. The van der Waals surface area contributed by atoms with Crippen molar-refractivity contribution in [2.75, 3.05) is 13.7 Å². The smallest absolute Gasteiger partial charge is 0.370 e. The number of likely N-dealkylation sites (N-methyl/N-ethyl adjacent to an activating group) is 1. The molecule has 0 aliphatic carbocycles. The van der Waals surface area contributed by atoms with Crippen molar-refractivity contribution in [3.05, 3.63) is 35.9 Å². The van der Waals surface area contributed by atoms with Gasteiger partial charge in [0.05, 0.1) is 6.10 Å². The number of benzene rings is 1. The van der Waals surface area contributed by atoms with Crippen LogP contribution in [0.2, 0.25) is 0 Å². The van der Waals surface area contributed by atoms with Crippen LogP contribution >= 0.6 is 11.1 Å². The minimum absolute atomic E-state index is 0.0228. The molecule has 112 valence electrons. The van der Waals surface area contributed by atoms with Crippen LogP contribution in [0.15, 0.2) is 30.3 Å². The van der Waals surface area contributed by atoms with Gasteiger partial charge in [0.15, 0.2) is 0 Å².